The van der Waals surface area contributed by atoms with E-state index in [1.165, 1.54) is 35.6 Å². The van der Waals surface area contributed by atoms with E-state index < -0.39 is 0 Å². The summed E-state index contributed by atoms with van der Waals surface area (Å²) in [7, 11) is 0. The quantitative estimate of drug-likeness (QED) is 0.601. The van der Waals surface area contributed by atoms with Crippen LogP contribution in [0, 0.1) is 12.8 Å². The number of carbonyl (C=O) groups is 1. The molecule has 0 aromatic heterocycles. The van der Waals surface area contributed by atoms with Gasteiger partial charge in [-0.05, 0) is 37.5 Å². The molecule has 1 heteroatoms. The second-order valence-electron chi connectivity index (χ2n) is 5.80. The Morgan fingerprint density at radius 3 is 2.05 bits per heavy atom. The molecule has 1 aliphatic carbocycles. The SMILES string of the molecule is CC.CC(=O)C1CCCCC1.Cc1ccc2ccccc2c1. The second kappa shape index (κ2) is 10.2. The number of benzene rings is 2. The Hall–Kier alpha value is -1.63. The molecule has 0 saturated heterocycles. The normalized spacial score (nSPS) is 14.4. The van der Waals surface area contributed by atoms with Gasteiger partial charge in [-0.2, -0.15) is 0 Å². The van der Waals surface area contributed by atoms with Crippen LogP contribution < -0.4 is 0 Å². The van der Waals surface area contributed by atoms with Crippen molar-refractivity contribution in [3.63, 3.8) is 0 Å². The summed E-state index contributed by atoms with van der Waals surface area (Å²) in [5.41, 5.74) is 1.32. The van der Waals surface area contributed by atoms with E-state index in [9.17, 15) is 4.79 Å². The summed E-state index contributed by atoms with van der Waals surface area (Å²) >= 11 is 0. The van der Waals surface area contributed by atoms with Gasteiger partial charge < -0.3 is 0 Å². The first-order valence-corrected chi connectivity index (χ1v) is 8.62. The van der Waals surface area contributed by atoms with E-state index in [0.29, 0.717) is 11.7 Å². The van der Waals surface area contributed by atoms with Crippen LogP contribution in [0.3, 0.4) is 0 Å². The minimum Gasteiger partial charge on any atom is -0.300 e. The first-order chi connectivity index (χ1) is 10.7. The molecule has 1 nitrogen and oxygen atoms in total. The maximum absolute atomic E-state index is 10.8. The number of aryl methyl sites for hydroxylation is 1. The molecule has 0 unspecified atom stereocenters. The summed E-state index contributed by atoms with van der Waals surface area (Å²) < 4.78 is 0. The minimum atomic E-state index is 0.398. The summed E-state index contributed by atoms with van der Waals surface area (Å²) in [6.45, 7) is 7.84. The van der Waals surface area contributed by atoms with Gasteiger partial charge in [0.25, 0.3) is 0 Å². The molecule has 0 bridgehead atoms. The maximum Gasteiger partial charge on any atom is 0.132 e. The van der Waals surface area contributed by atoms with Crippen LogP contribution in [0.15, 0.2) is 42.5 Å². The predicted molar refractivity (Wildman–Crippen MR) is 97.3 cm³/mol. The van der Waals surface area contributed by atoms with Crippen molar-refractivity contribution in [3.05, 3.63) is 48.0 Å². The first-order valence-electron chi connectivity index (χ1n) is 8.62. The highest BCUT2D eigenvalue weighted by molar-refractivity contribution is 5.82. The van der Waals surface area contributed by atoms with Crippen molar-refractivity contribution in [2.45, 2.75) is 59.8 Å². The summed E-state index contributed by atoms with van der Waals surface area (Å²) in [5.74, 6) is 0.813. The third kappa shape index (κ3) is 6.01. The molecule has 2 aromatic carbocycles. The van der Waals surface area contributed by atoms with Gasteiger partial charge in [-0.15, -0.1) is 0 Å². The third-order valence-electron chi connectivity index (χ3n) is 4.09. The van der Waals surface area contributed by atoms with Gasteiger partial charge in [-0.3, -0.25) is 4.79 Å². The zero-order valence-corrected chi connectivity index (χ0v) is 14.6. The van der Waals surface area contributed by atoms with E-state index in [0.717, 1.165) is 12.8 Å². The van der Waals surface area contributed by atoms with Gasteiger partial charge in [0.1, 0.15) is 5.78 Å². The van der Waals surface area contributed by atoms with Gasteiger partial charge in [0.2, 0.25) is 0 Å². The van der Waals surface area contributed by atoms with Crippen LogP contribution in [-0.2, 0) is 4.79 Å². The molecule has 0 amide bonds. The molecule has 2 aromatic rings. The number of fused-ring (bicyclic) bond motifs is 1. The fourth-order valence-electron chi connectivity index (χ4n) is 2.82. The van der Waals surface area contributed by atoms with Gasteiger partial charge in [0.05, 0.1) is 0 Å². The molecule has 22 heavy (non-hydrogen) atoms. The molecule has 0 heterocycles. The van der Waals surface area contributed by atoms with Crippen LogP contribution in [0.4, 0.5) is 0 Å². The molecule has 0 spiro atoms. The number of Topliss-reactive ketones (excluding diaryl/α,β-unsaturated/α-hetero) is 1. The lowest BCUT2D eigenvalue weighted by molar-refractivity contribution is -0.121. The van der Waals surface area contributed by atoms with Crippen LogP contribution in [0.1, 0.15) is 58.4 Å². The molecule has 0 N–H and O–H groups in total. The Kier molecular flexibility index (Phi) is 8.50. The molecular weight excluding hydrogens is 268 g/mol. The Bertz CT molecular complexity index is 565. The lowest BCUT2D eigenvalue weighted by Crippen LogP contribution is -2.13. The fourth-order valence-corrected chi connectivity index (χ4v) is 2.82. The number of carbonyl (C=O) groups excluding carboxylic acids is 1. The second-order valence-corrected chi connectivity index (χ2v) is 5.80. The number of hydrogen-bond donors (Lipinski definition) is 0. The van der Waals surface area contributed by atoms with E-state index in [2.05, 4.69) is 49.4 Å². The fraction of sp³-hybridized carbons (Fsp3) is 0.476. The van der Waals surface area contributed by atoms with Gasteiger partial charge in [-0.1, -0.05) is 81.1 Å². The van der Waals surface area contributed by atoms with Crippen molar-refractivity contribution in [1.82, 2.24) is 0 Å². The maximum atomic E-state index is 10.8. The Morgan fingerprint density at radius 2 is 1.50 bits per heavy atom. The monoisotopic (exact) mass is 298 g/mol. The minimum absolute atomic E-state index is 0.398. The standard InChI is InChI=1S/C11H10.C8H14O.C2H6/c1-9-6-7-10-4-2-3-5-11(10)8-9;1-7(9)8-5-3-2-4-6-8;1-2/h2-8H,1H3;8H,2-6H2,1H3;1-2H3. The molecule has 1 fully saturated rings. The van der Waals surface area contributed by atoms with Crippen molar-refractivity contribution in [1.29, 1.82) is 0 Å². The summed E-state index contributed by atoms with van der Waals surface area (Å²) in [6.07, 6.45) is 6.17. The van der Waals surface area contributed by atoms with Crippen LogP contribution in [-0.4, -0.2) is 5.78 Å². The van der Waals surface area contributed by atoms with E-state index in [4.69, 9.17) is 0 Å². The molecule has 120 valence electrons. The predicted octanol–water partition coefficient (Wildman–Crippen LogP) is 6.33. The lowest BCUT2D eigenvalue weighted by Gasteiger charge is -2.17. The number of hydrogen-bond acceptors (Lipinski definition) is 1. The van der Waals surface area contributed by atoms with Crippen molar-refractivity contribution in [2.75, 3.05) is 0 Å². The topological polar surface area (TPSA) is 17.1 Å². The van der Waals surface area contributed by atoms with Crippen LogP contribution in [0.5, 0.6) is 0 Å². The van der Waals surface area contributed by atoms with Crippen molar-refractivity contribution in [2.24, 2.45) is 5.92 Å². The zero-order chi connectivity index (χ0) is 16.4. The average molecular weight is 298 g/mol. The molecular formula is C21H30O. The van der Waals surface area contributed by atoms with E-state index in [1.807, 2.05) is 13.8 Å². The first kappa shape index (κ1) is 18.4. The molecule has 3 rings (SSSR count). The lowest BCUT2D eigenvalue weighted by atomic mass is 9.87. The summed E-state index contributed by atoms with van der Waals surface area (Å²) in [4.78, 5) is 10.8. The highest BCUT2D eigenvalue weighted by Crippen LogP contribution is 2.23. The van der Waals surface area contributed by atoms with Gasteiger partial charge >= 0.3 is 0 Å². The van der Waals surface area contributed by atoms with Gasteiger partial charge in [-0.25, -0.2) is 0 Å². The van der Waals surface area contributed by atoms with Crippen LogP contribution in [0.2, 0.25) is 0 Å². The Balaban J connectivity index is 0.000000202. The van der Waals surface area contributed by atoms with Gasteiger partial charge in [0.15, 0.2) is 0 Å². The largest absolute Gasteiger partial charge is 0.300 e. The Labute approximate surface area is 135 Å². The number of rotatable bonds is 1. The van der Waals surface area contributed by atoms with Crippen LogP contribution >= 0.6 is 0 Å². The molecule has 0 atom stereocenters. The molecule has 1 saturated carbocycles. The smallest absolute Gasteiger partial charge is 0.132 e. The number of ketones is 1. The highest BCUT2D eigenvalue weighted by Gasteiger charge is 2.16. The van der Waals surface area contributed by atoms with Crippen molar-refractivity contribution < 1.29 is 4.79 Å². The summed E-state index contributed by atoms with van der Waals surface area (Å²) in [6, 6.07) is 14.9. The molecule has 0 radical (unpaired) electrons. The van der Waals surface area contributed by atoms with Gasteiger partial charge in [0, 0.05) is 5.92 Å². The van der Waals surface area contributed by atoms with E-state index in [-0.39, 0.29) is 0 Å². The average Bonchev–Trinajstić information content (AvgIpc) is 2.58. The highest BCUT2D eigenvalue weighted by atomic mass is 16.1. The molecule has 1 aliphatic rings. The van der Waals surface area contributed by atoms with E-state index >= 15 is 0 Å². The third-order valence-corrected chi connectivity index (χ3v) is 4.09. The van der Waals surface area contributed by atoms with Crippen molar-refractivity contribution >= 4 is 16.6 Å². The van der Waals surface area contributed by atoms with E-state index in [1.54, 1.807) is 6.92 Å². The van der Waals surface area contributed by atoms with Crippen LogP contribution in [0.25, 0.3) is 10.8 Å². The van der Waals surface area contributed by atoms with Crippen molar-refractivity contribution in [3.8, 4) is 0 Å². The molecule has 0 aliphatic heterocycles. The zero-order valence-electron chi connectivity index (χ0n) is 14.6. The summed E-state index contributed by atoms with van der Waals surface area (Å²) in [5, 5.41) is 2.64. The Morgan fingerprint density at radius 1 is 0.909 bits per heavy atom.